The number of hydrogen-bond acceptors (Lipinski definition) is 3. The Labute approximate surface area is 119 Å². The number of carbonyl (C=O) groups excluding carboxylic acids is 1. The molecule has 112 valence electrons. The molecule has 0 aromatic heterocycles. The van der Waals surface area contributed by atoms with Crippen LogP contribution in [0.25, 0.3) is 0 Å². The van der Waals surface area contributed by atoms with E-state index in [0.717, 1.165) is 0 Å². The molecule has 0 saturated heterocycles. The average molecular weight is 282 g/mol. The van der Waals surface area contributed by atoms with Crippen molar-refractivity contribution in [1.82, 2.24) is 4.90 Å². The van der Waals surface area contributed by atoms with Crippen LogP contribution in [0.15, 0.2) is 18.2 Å². The first kappa shape index (κ1) is 16.4. The Balaban J connectivity index is 2.82. The van der Waals surface area contributed by atoms with Crippen molar-refractivity contribution in [1.29, 1.82) is 0 Å². The van der Waals surface area contributed by atoms with Crippen LogP contribution in [0, 0.1) is 5.82 Å². The van der Waals surface area contributed by atoms with Crippen LogP contribution in [-0.4, -0.2) is 42.6 Å². The van der Waals surface area contributed by atoms with Crippen LogP contribution in [0.1, 0.15) is 32.4 Å². The first-order valence-electron chi connectivity index (χ1n) is 6.87. The third-order valence-electron chi connectivity index (χ3n) is 3.35. The maximum atomic E-state index is 14.0. The molecule has 0 unspecified atom stereocenters. The Morgan fingerprint density at radius 1 is 1.35 bits per heavy atom. The van der Waals surface area contributed by atoms with E-state index in [0.29, 0.717) is 24.3 Å². The molecule has 0 radical (unpaired) electrons. The molecule has 0 aliphatic rings. The topological polar surface area (TPSA) is 43.8 Å². The van der Waals surface area contributed by atoms with Gasteiger partial charge in [-0.15, -0.1) is 0 Å². The minimum absolute atomic E-state index is 0.0310. The van der Waals surface area contributed by atoms with Crippen LogP contribution >= 0.6 is 0 Å². The van der Waals surface area contributed by atoms with E-state index in [2.05, 4.69) is 0 Å². The van der Waals surface area contributed by atoms with Gasteiger partial charge in [0.05, 0.1) is 18.3 Å². The molecule has 0 spiro atoms. The second-order valence-corrected chi connectivity index (χ2v) is 4.81. The summed E-state index contributed by atoms with van der Waals surface area (Å²) in [6, 6.07) is 4.56. The van der Waals surface area contributed by atoms with Gasteiger partial charge in [-0.3, -0.25) is 4.79 Å². The molecule has 1 aromatic carbocycles. The lowest BCUT2D eigenvalue weighted by atomic mass is 10.1. The maximum Gasteiger partial charge on any atom is 0.242 e. The normalized spacial score (nSPS) is 12.1. The lowest BCUT2D eigenvalue weighted by Gasteiger charge is -2.25. The van der Waals surface area contributed by atoms with Crippen molar-refractivity contribution in [2.75, 3.05) is 31.6 Å². The van der Waals surface area contributed by atoms with Gasteiger partial charge in [-0.1, -0.05) is 6.07 Å². The van der Waals surface area contributed by atoms with E-state index in [-0.39, 0.29) is 12.5 Å². The summed E-state index contributed by atoms with van der Waals surface area (Å²) in [5, 5.41) is 9.42. The first-order chi connectivity index (χ1) is 9.40. The second kappa shape index (κ2) is 7.24. The monoisotopic (exact) mass is 282 g/mol. The fraction of sp³-hybridized carbons (Fsp3) is 0.533. The number of amides is 1. The van der Waals surface area contributed by atoms with Gasteiger partial charge in [0, 0.05) is 20.1 Å². The minimum Gasteiger partial charge on any atom is -0.389 e. The highest BCUT2D eigenvalue weighted by molar-refractivity contribution is 5.81. The van der Waals surface area contributed by atoms with Crippen LogP contribution in [0.2, 0.25) is 0 Å². The smallest absolute Gasteiger partial charge is 0.242 e. The van der Waals surface area contributed by atoms with Crippen molar-refractivity contribution in [3.05, 3.63) is 29.6 Å². The Morgan fingerprint density at radius 2 is 1.95 bits per heavy atom. The molecule has 0 heterocycles. The van der Waals surface area contributed by atoms with Crippen molar-refractivity contribution >= 4 is 11.6 Å². The molecule has 20 heavy (non-hydrogen) atoms. The number of anilines is 1. The molecule has 0 saturated carbocycles. The molecule has 0 aliphatic heterocycles. The number of aliphatic hydroxyl groups excluding tert-OH is 1. The van der Waals surface area contributed by atoms with Gasteiger partial charge < -0.3 is 14.9 Å². The van der Waals surface area contributed by atoms with E-state index in [1.165, 1.54) is 6.07 Å². The summed E-state index contributed by atoms with van der Waals surface area (Å²) in [5.41, 5.74) is 0.879. The summed E-state index contributed by atoms with van der Waals surface area (Å²) in [5.74, 6) is -0.463. The van der Waals surface area contributed by atoms with E-state index in [1.807, 2.05) is 13.8 Å². The molecule has 1 atom stereocenters. The van der Waals surface area contributed by atoms with E-state index in [9.17, 15) is 14.3 Å². The fourth-order valence-electron chi connectivity index (χ4n) is 2.06. The minimum atomic E-state index is -0.707. The van der Waals surface area contributed by atoms with E-state index in [4.69, 9.17) is 0 Å². The summed E-state index contributed by atoms with van der Waals surface area (Å²) in [4.78, 5) is 15.3. The fourth-order valence-corrected chi connectivity index (χ4v) is 2.06. The van der Waals surface area contributed by atoms with Gasteiger partial charge in [0.1, 0.15) is 5.82 Å². The highest BCUT2D eigenvalue weighted by atomic mass is 19.1. The molecule has 5 heteroatoms. The van der Waals surface area contributed by atoms with Crippen molar-refractivity contribution in [3.63, 3.8) is 0 Å². The Morgan fingerprint density at radius 3 is 2.40 bits per heavy atom. The molecule has 4 nitrogen and oxygen atoms in total. The highest BCUT2D eigenvalue weighted by Gasteiger charge is 2.16. The zero-order valence-corrected chi connectivity index (χ0v) is 12.6. The number of rotatable bonds is 6. The molecular formula is C15H23FN2O2. The second-order valence-electron chi connectivity index (χ2n) is 4.81. The van der Waals surface area contributed by atoms with Crippen LogP contribution < -0.4 is 4.90 Å². The molecule has 1 amide bonds. The van der Waals surface area contributed by atoms with Gasteiger partial charge in [-0.05, 0) is 38.5 Å². The standard InChI is InChI=1S/C15H23FN2O2/c1-5-18(6-2)15(20)10-17(4)14-8-7-12(11(3)19)9-13(14)16/h7-9,11,19H,5-6,10H2,1-4H3/t11-/m0/s1. The van der Waals surface area contributed by atoms with Crippen molar-refractivity contribution in [2.24, 2.45) is 0 Å². The molecule has 0 bridgehead atoms. The van der Waals surface area contributed by atoms with Crippen LogP contribution in [-0.2, 0) is 4.79 Å². The molecule has 1 aromatic rings. The molecule has 0 aliphatic carbocycles. The van der Waals surface area contributed by atoms with Gasteiger partial charge in [0.15, 0.2) is 0 Å². The van der Waals surface area contributed by atoms with Gasteiger partial charge in [-0.2, -0.15) is 0 Å². The van der Waals surface area contributed by atoms with Crippen molar-refractivity contribution in [3.8, 4) is 0 Å². The Hall–Kier alpha value is -1.62. The maximum absolute atomic E-state index is 14.0. The van der Waals surface area contributed by atoms with E-state index in [1.54, 1.807) is 35.9 Å². The van der Waals surface area contributed by atoms with Crippen LogP contribution in [0.5, 0.6) is 0 Å². The molecule has 1 rings (SSSR count). The average Bonchev–Trinajstić information content (AvgIpc) is 2.39. The SMILES string of the molecule is CCN(CC)C(=O)CN(C)c1ccc([C@H](C)O)cc1F. The zero-order chi connectivity index (χ0) is 15.3. The number of carbonyl (C=O) groups is 1. The van der Waals surface area contributed by atoms with Gasteiger partial charge in [-0.25, -0.2) is 4.39 Å². The van der Waals surface area contributed by atoms with E-state index < -0.39 is 11.9 Å². The largest absolute Gasteiger partial charge is 0.389 e. The van der Waals surface area contributed by atoms with Crippen molar-refractivity contribution < 1.29 is 14.3 Å². The number of likely N-dealkylation sites (N-methyl/N-ethyl adjacent to an activating group) is 2. The van der Waals surface area contributed by atoms with Crippen LogP contribution in [0.3, 0.4) is 0 Å². The van der Waals surface area contributed by atoms with Crippen LogP contribution in [0.4, 0.5) is 10.1 Å². The lowest BCUT2D eigenvalue weighted by molar-refractivity contribution is -0.129. The predicted molar refractivity (Wildman–Crippen MR) is 78.2 cm³/mol. The third kappa shape index (κ3) is 3.93. The van der Waals surface area contributed by atoms with Gasteiger partial charge in [0.2, 0.25) is 5.91 Å². The number of benzene rings is 1. The summed E-state index contributed by atoms with van der Waals surface area (Å²) in [7, 11) is 1.68. The highest BCUT2D eigenvalue weighted by Crippen LogP contribution is 2.22. The quantitative estimate of drug-likeness (QED) is 0.870. The first-order valence-corrected chi connectivity index (χ1v) is 6.87. The Bertz CT molecular complexity index is 459. The summed E-state index contributed by atoms with van der Waals surface area (Å²) in [6.07, 6.45) is -0.707. The van der Waals surface area contributed by atoms with Gasteiger partial charge in [0.25, 0.3) is 0 Å². The summed E-state index contributed by atoms with van der Waals surface area (Å²) in [6.45, 7) is 6.84. The summed E-state index contributed by atoms with van der Waals surface area (Å²) < 4.78 is 14.0. The number of halogens is 1. The Kier molecular flexibility index (Phi) is 5.95. The molecule has 1 N–H and O–H groups in total. The zero-order valence-electron chi connectivity index (χ0n) is 12.6. The van der Waals surface area contributed by atoms with Crippen molar-refractivity contribution in [2.45, 2.75) is 26.9 Å². The predicted octanol–water partition coefficient (Wildman–Crippen LogP) is 2.18. The van der Waals surface area contributed by atoms with E-state index >= 15 is 0 Å². The summed E-state index contributed by atoms with van der Waals surface area (Å²) >= 11 is 0. The lowest BCUT2D eigenvalue weighted by Crippen LogP contribution is -2.39. The number of nitrogens with zero attached hydrogens (tertiary/aromatic N) is 2. The molecular weight excluding hydrogens is 259 g/mol. The third-order valence-corrected chi connectivity index (χ3v) is 3.35. The van der Waals surface area contributed by atoms with Gasteiger partial charge >= 0.3 is 0 Å². The number of aliphatic hydroxyl groups is 1. The molecule has 0 fully saturated rings. The number of hydrogen-bond donors (Lipinski definition) is 1.